The first-order valence-corrected chi connectivity index (χ1v) is 9.42. The Morgan fingerprint density at radius 2 is 1.96 bits per heavy atom. The smallest absolute Gasteiger partial charge is 0.319 e. The number of hydrogen-bond acceptors (Lipinski definition) is 3. The van der Waals surface area contributed by atoms with E-state index in [1.165, 1.54) is 6.07 Å². The van der Waals surface area contributed by atoms with Crippen molar-refractivity contribution < 1.29 is 9.18 Å². The maximum Gasteiger partial charge on any atom is 0.319 e. The summed E-state index contributed by atoms with van der Waals surface area (Å²) in [4.78, 5) is 14.0. The fraction of sp³-hybridized carbons (Fsp3) is 0.316. The van der Waals surface area contributed by atoms with E-state index in [1.54, 1.807) is 23.9 Å². The van der Waals surface area contributed by atoms with Crippen molar-refractivity contribution in [1.82, 2.24) is 10.2 Å². The van der Waals surface area contributed by atoms with E-state index >= 15 is 0 Å². The molecule has 0 saturated heterocycles. The molecule has 0 fully saturated rings. The first-order chi connectivity index (χ1) is 12.0. The molecule has 0 unspecified atom stereocenters. The van der Waals surface area contributed by atoms with Crippen molar-refractivity contribution in [3.63, 3.8) is 0 Å². The summed E-state index contributed by atoms with van der Waals surface area (Å²) in [7, 11) is 3.78. The summed E-state index contributed by atoms with van der Waals surface area (Å²) in [5, 5.41) is 5.64. The summed E-state index contributed by atoms with van der Waals surface area (Å²) in [6, 6.07) is 12.4. The summed E-state index contributed by atoms with van der Waals surface area (Å²) in [5.41, 5.74) is 3.41. The summed E-state index contributed by atoms with van der Waals surface area (Å²) in [5.74, 6) is 0.675. The number of nitrogens with zero attached hydrogens (tertiary/aromatic N) is 1. The number of amides is 2. The molecule has 0 saturated carbocycles. The third-order valence-electron chi connectivity index (χ3n) is 3.55. The second kappa shape index (κ2) is 9.44. The molecule has 0 radical (unpaired) electrons. The molecule has 6 heteroatoms. The van der Waals surface area contributed by atoms with Gasteiger partial charge in [0, 0.05) is 30.1 Å². The van der Waals surface area contributed by atoms with Crippen molar-refractivity contribution in [2.24, 2.45) is 0 Å². The molecule has 0 aliphatic carbocycles. The number of hydrogen-bond donors (Lipinski definition) is 2. The lowest BCUT2D eigenvalue weighted by Crippen LogP contribution is -2.28. The Balaban J connectivity index is 1.92. The molecule has 0 bridgehead atoms. The Hall–Kier alpha value is -2.05. The highest BCUT2D eigenvalue weighted by atomic mass is 32.2. The van der Waals surface area contributed by atoms with E-state index in [4.69, 9.17) is 0 Å². The van der Waals surface area contributed by atoms with Crippen LogP contribution < -0.4 is 10.6 Å². The number of thioether (sulfide) groups is 1. The van der Waals surface area contributed by atoms with Gasteiger partial charge in [0.25, 0.3) is 0 Å². The second-order valence-corrected chi connectivity index (χ2v) is 6.97. The third-order valence-corrected chi connectivity index (χ3v) is 4.17. The fourth-order valence-corrected chi connectivity index (χ4v) is 2.98. The second-order valence-electron chi connectivity index (χ2n) is 6.10. The van der Waals surface area contributed by atoms with Crippen LogP contribution in [-0.2, 0) is 18.8 Å². The number of halogens is 1. The highest BCUT2D eigenvalue weighted by Gasteiger charge is 2.07. The molecule has 0 atom stereocenters. The van der Waals surface area contributed by atoms with Crippen molar-refractivity contribution in [1.29, 1.82) is 0 Å². The Labute approximate surface area is 152 Å². The first kappa shape index (κ1) is 19.3. The van der Waals surface area contributed by atoms with Crippen LogP contribution in [-0.4, -0.2) is 31.3 Å². The van der Waals surface area contributed by atoms with Crippen LogP contribution in [0.25, 0.3) is 0 Å². The van der Waals surface area contributed by atoms with Crippen LogP contribution >= 0.6 is 11.8 Å². The first-order valence-electron chi connectivity index (χ1n) is 8.02. The molecule has 0 aromatic heterocycles. The van der Waals surface area contributed by atoms with E-state index in [9.17, 15) is 9.18 Å². The largest absolute Gasteiger partial charge is 0.334 e. The molecular formula is C19H24FN3OS. The highest BCUT2D eigenvalue weighted by molar-refractivity contribution is 7.97. The van der Waals surface area contributed by atoms with E-state index in [-0.39, 0.29) is 11.8 Å². The fourth-order valence-electron chi connectivity index (χ4n) is 2.46. The molecule has 2 aromatic rings. The zero-order valence-corrected chi connectivity index (χ0v) is 15.6. The van der Waals surface area contributed by atoms with Gasteiger partial charge in [-0.2, -0.15) is 11.8 Å². The minimum atomic E-state index is -0.278. The molecule has 2 aromatic carbocycles. The Bertz CT molecular complexity index is 722. The van der Waals surface area contributed by atoms with Gasteiger partial charge in [-0.25, -0.2) is 9.18 Å². The summed E-state index contributed by atoms with van der Waals surface area (Å²) >= 11 is 1.73. The molecule has 2 N–H and O–H groups in total. The van der Waals surface area contributed by atoms with E-state index in [0.717, 1.165) is 22.6 Å². The molecule has 0 aliphatic heterocycles. The van der Waals surface area contributed by atoms with Gasteiger partial charge in [0.15, 0.2) is 0 Å². The van der Waals surface area contributed by atoms with Crippen molar-refractivity contribution in [3.05, 3.63) is 65.0 Å². The minimum Gasteiger partial charge on any atom is -0.334 e. The van der Waals surface area contributed by atoms with Crippen LogP contribution in [0.4, 0.5) is 14.9 Å². The van der Waals surface area contributed by atoms with Gasteiger partial charge in [0.05, 0.1) is 0 Å². The Kier molecular flexibility index (Phi) is 7.28. The normalized spacial score (nSPS) is 10.8. The van der Waals surface area contributed by atoms with Crippen LogP contribution in [0.3, 0.4) is 0 Å². The summed E-state index contributed by atoms with van der Waals surface area (Å²) in [6.07, 6.45) is 2.04. The van der Waals surface area contributed by atoms with Gasteiger partial charge in [-0.05, 0) is 55.7 Å². The molecule has 25 heavy (non-hydrogen) atoms. The quantitative estimate of drug-likeness (QED) is 0.781. The van der Waals surface area contributed by atoms with Gasteiger partial charge in [0.1, 0.15) is 5.82 Å². The highest BCUT2D eigenvalue weighted by Crippen LogP contribution is 2.15. The lowest BCUT2D eigenvalue weighted by molar-refractivity contribution is 0.251. The Morgan fingerprint density at radius 1 is 1.16 bits per heavy atom. The molecule has 134 valence electrons. The van der Waals surface area contributed by atoms with Gasteiger partial charge in [-0.15, -0.1) is 0 Å². The average molecular weight is 361 g/mol. The molecule has 4 nitrogen and oxygen atoms in total. The predicted molar refractivity (Wildman–Crippen MR) is 103 cm³/mol. The molecule has 0 spiro atoms. The number of carbonyl (C=O) groups is 1. The topological polar surface area (TPSA) is 44.4 Å². The van der Waals surface area contributed by atoms with Crippen LogP contribution in [0.5, 0.6) is 0 Å². The minimum absolute atomic E-state index is 0.229. The van der Waals surface area contributed by atoms with Crippen molar-refractivity contribution >= 4 is 23.5 Å². The van der Waals surface area contributed by atoms with Gasteiger partial charge in [-0.3, -0.25) is 0 Å². The van der Waals surface area contributed by atoms with E-state index < -0.39 is 0 Å². The van der Waals surface area contributed by atoms with Crippen LogP contribution in [0.1, 0.15) is 16.7 Å². The summed E-state index contributed by atoms with van der Waals surface area (Å²) < 4.78 is 13.8. The van der Waals surface area contributed by atoms with Crippen LogP contribution in [0, 0.1) is 5.82 Å². The molecule has 0 aliphatic rings. The lowest BCUT2D eigenvalue weighted by Gasteiger charge is -2.13. The SMILES string of the molecule is CSCc1cccc(NC(=O)NCc2ccc(F)c(CN(C)C)c2)c1. The molecule has 2 amide bonds. The predicted octanol–water partition coefficient (Wildman–Crippen LogP) is 4.07. The molecule has 2 rings (SSSR count). The maximum atomic E-state index is 13.8. The van der Waals surface area contributed by atoms with E-state index in [1.807, 2.05) is 49.5 Å². The number of nitrogens with one attached hydrogen (secondary N) is 2. The van der Waals surface area contributed by atoms with Gasteiger partial charge in [0.2, 0.25) is 0 Å². The zero-order chi connectivity index (χ0) is 18.2. The van der Waals surface area contributed by atoms with Gasteiger partial charge >= 0.3 is 6.03 Å². The van der Waals surface area contributed by atoms with Gasteiger partial charge < -0.3 is 15.5 Å². The van der Waals surface area contributed by atoms with Crippen LogP contribution in [0.15, 0.2) is 42.5 Å². The van der Waals surface area contributed by atoms with E-state index in [2.05, 4.69) is 10.6 Å². The Morgan fingerprint density at radius 3 is 2.68 bits per heavy atom. The van der Waals surface area contributed by atoms with Crippen molar-refractivity contribution in [2.75, 3.05) is 25.7 Å². The number of benzene rings is 2. The van der Waals surface area contributed by atoms with Crippen LogP contribution in [0.2, 0.25) is 0 Å². The lowest BCUT2D eigenvalue weighted by atomic mass is 10.1. The monoisotopic (exact) mass is 361 g/mol. The standard InChI is InChI=1S/C19H24FN3OS/c1-23(2)12-16-9-14(7-8-18(16)20)11-21-19(24)22-17-6-4-5-15(10-17)13-25-3/h4-10H,11-13H2,1-3H3,(H2,21,22,24). The average Bonchev–Trinajstić information content (AvgIpc) is 2.56. The van der Waals surface area contributed by atoms with Gasteiger partial charge in [-0.1, -0.05) is 18.2 Å². The van der Waals surface area contributed by atoms with Crippen molar-refractivity contribution in [2.45, 2.75) is 18.8 Å². The molecule has 0 heterocycles. The number of carbonyl (C=O) groups excluding carboxylic acids is 1. The number of urea groups is 1. The zero-order valence-electron chi connectivity index (χ0n) is 14.8. The maximum absolute atomic E-state index is 13.8. The third kappa shape index (κ3) is 6.40. The van der Waals surface area contributed by atoms with Crippen molar-refractivity contribution in [3.8, 4) is 0 Å². The molecular weight excluding hydrogens is 337 g/mol. The number of anilines is 1. The van der Waals surface area contributed by atoms with E-state index in [0.29, 0.717) is 18.7 Å². The number of rotatable bonds is 7. The summed E-state index contributed by atoms with van der Waals surface area (Å²) in [6.45, 7) is 0.866.